The lowest BCUT2D eigenvalue weighted by atomic mass is 10.2. The highest BCUT2D eigenvalue weighted by Crippen LogP contribution is 2.18. The topological polar surface area (TPSA) is 72.5 Å². The molecule has 0 aliphatic rings. The molecule has 0 atom stereocenters. The number of carbonyl (C=O) groups is 1. The second-order valence-corrected chi connectivity index (χ2v) is 8.58. The molecule has 0 radical (unpaired) electrons. The summed E-state index contributed by atoms with van der Waals surface area (Å²) in [5.74, 6) is 0.669. The van der Waals surface area contributed by atoms with Gasteiger partial charge in [0.1, 0.15) is 5.75 Å². The predicted molar refractivity (Wildman–Crippen MR) is 102 cm³/mol. The summed E-state index contributed by atoms with van der Waals surface area (Å²) in [4.78, 5) is 12.2. The van der Waals surface area contributed by atoms with Crippen LogP contribution in [0.1, 0.15) is 19.8 Å². The highest BCUT2D eigenvalue weighted by atomic mass is 79.9. The van der Waals surface area contributed by atoms with Gasteiger partial charge in [0.05, 0.1) is 17.3 Å². The van der Waals surface area contributed by atoms with Crippen LogP contribution in [0.25, 0.3) is 0 Å². The molecule has 134 valence electrons. The lowest BCUT2D eigenvalue weighted by Crippen LogP contribution is -2.13. The fraction of sp³-hybridized carbons (Fsp3) is 0.278. The molecular formula is C18H20BrNO4S. The molecule has 0 unspecified atom stereocenters. The van der Waals surface area contributed by atoms with Crippen molar-refractivity contribution in [1.29, 1.82) is 0 Å². The van der Waals surface area contributed by atoms with E-state index in [2.05, 4.69) is 21.2 Å². The summed E-state index contributed by atoms with van der Waals surface area (Å²) in [5.41, 5.74) is 0.577. The Morgan fingerprint density at radius 1 is 1.16 bits per heavy atom. The van der Waals surface area contributed by atoms with Crippen molar-refractivity contribution in [3.8, 4) is 5.75 Å². The van der Waals surface area contributed by atoms with Gasteiger partial charge < -0.3 is 10.1 Å². The molecule has 0 bridgehead atoms. The standard InChI is InChI=1S/C18H20BrNO4S/c1-2-25(22,23)17-10-8-15(9-11-17)20-18(21)7-4-12-24-16-6-3-5-14(19)13-16/h3,5-6,8-11,13H,2,4,7,12H2,1H3,(H,20,21). The van der Waals surface area contributed by atoms with Crippen LogP contribution in [-0.4, -0.2) is 26.7 Å². The highest BCUT2D eigenvalue weighted by molar-refractivity contribution is 9.10. The number of rotatable bonds is 8. The Labute approximate surface area is 156 Å². The van der Waals surface area contributed by atoms with Gasteiger partial charge in [0.15, 0.2) is 9.84 Å². The maximum absolute atomic E-state index is 11.9. The van der Waals surface area contributed by atoms with E-state index in [9.17, 15) is 13.2 Å². The zero-order valence-corrected chi connectivity index (χ0v) is 16.3. The Balaban J connectivity index is 1.76. The largest absolute Gasteiger partial charge is 0.494 e. The molecule has 0 aliphatic carbocycles. The average molecular weight is 426 g/mol. The first kappa shape index (κ1) is 19.5. The minimum Gasteiger partial charge on any atom is -0.494 e. The number of ether oxygens (including phenoxy) is 1. The summed E-state index contributed by atoms with van der Waals surface area (Å²) in [6.45, 7) is 2.04. The molecule has 0 aromatic heterocycles. The SMILES string of the molecule is CCS(=O)(=O)c1ccc(NC(=O)CCCOc2cccc(Br)c2)cc1. The van der Waals surface area contributed by atoms with Gasteiger partial charge in [-0.1, -0.05) is 28.9 Å². The fourth-order valence-corrected chi connectivity index (χ4v) is 3.38. The zero-order chi connectivity index (χ0) is 18.3. The van der Waals surface area contributed by atoms with Crippen LogP contribution in [0.15, 0.2) is 57.9 Å². The fourth-order valence-electron chi connectivity index (χ4n) is 2.12. The molecule has 0 spiro atoms. The normalized spacial score (nSPS) is 11.1. The van der Waals surface area contributed by atoms with E-state index < -0.39 is 9.84 Å². The van der Waals surface area contributed by atoms with Gasteiger partial charge in [-0.3, -0.25) is 4.79 Å². The van der Waals surface area contributed by atoms with Crippen molar-refractivity contribution in [2.24, 2.45) is 0 Å². The predicted octanol–water partition coefficient (Wildman–Crippen LogP) is 4.04. The number of nitrogens with one attached hydrogen (secondary N) is 1. The van der Waals surface area contributed by atoms with E-state index in [0.29, 0.717) is 25.1 Å². The number of hydrogen-bond acceptors (Lipinski definition) is 4. The van der Waals surface area contributed by atoms with Gasteiger partial charge in [-0.15, -0.1) is 0 Å². The van der Waals surface area contributed by atoms with Crippen molar-refractivity contribution in [1.82, 2.24) is 0 Å². The Hall–Kier alpha value is -1.86. The van der Waals surface area contributed by atoms with Crippen molar-refractivity contribution in [3.05, 3.63) is 53.0 Å². The third-order valence-electron chi connectivity index (χ3n) is 3.49. The van der Waals surface area contributed by atoms with Crippen LogP contribution in [0.2, 0.25) is 0 Å². The van der Waals surface area contributed by atoms with Gasteiger partial charge in [0, 0.05) is 16.6 Å². The van der Waals surface area contributed by atoms with E-state index in [-0.39, 0.29) is 16.6 Å². The average Bonchev–Trinajstić information content (AvgIpc) is 2.59. The van der Waals surface area contributed by atoms with Gasteiger partial charge in [0.2, 0.25) is 5.91 Å². The summed E-state index contributed by atoms with van der Waals surface area (Å²) in [6.07, 6.45) is 0.906. The molecule has 2 aromatic carbocycles. The molecule has 2 aromatic rings. The summed E-state index contributed by atoms with van der Waals surface area (Å²) >= 11 is 3.37. The Morgan fingerprint density at radius 2 is 1.88 bits per heavy atom. The van der Waals surface area contributed by atoms with Crippen molar-refractivity contribution in [2.75, 3.05) is 17.7 Å². The molecule has 1 amide bonds. The number of carbonyl (C=O) groups excluding carboxylic acids is 1. The lowest BCUT2D eigenvalue weighted by molar-refractivity contribution is -0.116. The number of sulfone groups is 1. The van der Waals surface area contributed by atoms with E-state index in [0.717, 1.165) is 10.2 Å². The summed E-state index contributed by atoms with van der Waals surface area (Å²) in [6, 6.07) is 13.7. The Bertz CT molecular complexity index is 819. The monoisotopic (exact) mass is 425 g/mol. The number of halogens is 1. The van der Waals surface area contributed by atoms with E-state index in [4.69, 9.17) is 4.74 Å². The van der Waals surface area contributed by atoms with E-state index in [1.54, 1.807) is 19.1 Å². The van der Waals surface area contributed by atoms with E-state index in [1.807, 2.05) is 24.3 Å². The lowest BCUT2D eigenvalue weighted by Gasteiger charge is -2.08. The van der Waals surface area contributed by atoms with Crippen LogP contribution in [0, 0.1) is 0 Å². The minimum absolute atomic E-state index is 0.0523. The molecule has 0 fully saturated rings. The smallest absolute Gasteiger partial charge is 0.224 e. The second-order valence-electron chi connectivity index (χ2n) is 5.39. The molecule has 7 heteroatoms. The van der Waals surface area contributed by atoms with Crippen LogP contribution in [0.5, 0.6) is 5.75 Å². The Morgan fingerprint density at radius 3 is 2.52 bits per heavy atom. The first-order chi connectivity index (χ1) is 11.9. The minimum atomic E-state index is -3.22. The molecule has 5 nitrogen and oxygen atoms in total. The number of amides is 1. The number of benzene rings is 2. The zero-order valence-electron chi connectivity index (χ0n) is 13.9. The number of hydrogen-bond donors (Lipinski definition) is 1. The third kappa shape index (κ3) is 6.17. The molecule has 25 heavy (non-hydrogen) atoms. The van der Waals surface area contributed by atoms with Crippen molar-refractivity contribution in [2.45, 2.75) is 24.7 Å². The van der Waals surface area contributed by atoms with Gasteiger partial charge in [-0.05, 0) is 48.9 Å². The third-order valence-corrected chi connectivity index (χ3v) is 5.73. The maximum Gasteiger partial charge on any atom is 0.224 e. The summed E-state index contributed by atoms with van der Waals surface area (Å²) < 4.78 is 30.0. The van der Waals surface area contributed by atoms with Crippen LogP contribution >= 0.6 is 15.9 Å². The molecule has 2 rings (SSSR count). The summed E-state index contributed by atoms with van der Waals surface area (Å²) in [7, 11) is -3.22. The number of anilines is 1. The highest BCUT2D eigenvalue weighted by Gasteiger charge is 2.11. The first-order valence-electron chi connectivity index (χ1n) is 7.92. The first-order valence-corrected chi connectivity index (χ1v) is 10.4. The van der Waals surface area contributed by atoms with Crippen molar-refractivity contribution in [3.63, 3.8) is 0 Å². The van der Waals surface area contributed by atoms with Gasteiger partial charge in [-0.2, -0.15) is 0 Å². The van der Waals surface area contributed by atoms with Crippen molar-refractivity contribution < 1.29 is 17.9 Å². The van der Waals surface area contributed by atoms with Gasteiger partial charge >= 0.3 is 0 Å². The van der Waals surface area contributed by atoms with Gasteiger partial charge in [-0.25, -0.2) is 8.42 Å². The molecule has 1 N–H and O–H groups in total. The molecule has 0 heterocycles. The summed E-state index contributed by atoms with van der Waals surface area (Å²) in [5, 5.41) is 2.75. The van der Waals surface area contributed by atoms with Crippen LogP contribution in [0.4, 0.5) is 5.69 Å². The second kappa shape index (κ2) is 9.01. The molecule has 0 aliphatic heterocycles. The maximum atomic E-state index is 11.9. The van der Waals surface area contributed by atoms with Crippen LogP contribution in [-0.2, 0) is 14.6 Å². The van der Waals surface area contributed by atoms with Crippen LogP contribution < -0.4 is 10.1 Å². The quantitative estimate of drug-likeness (QED) is 0.647. The van der Waals surface area contributed by atoms with Crippen molar-refractivity contribution >= 4 is 37.4 Å². The molecular weight excluding hydrogens is 406 g/mol. The van der Waals surface area contributed by atoms with Crippen LogP contribution in [0.3, 0.4) is 0 Å². The molecule has 0 saturated carbocycles. The molecule has 0 saturated heterocycles. The van der Waals surface area contributed by atoms with E-state index in [1.165, 1.54) is 12.1 Å². The Kier molecular flexibility index (Phi) is 7.01. The van der Waals surface area contributed by atoms with E-state index >= 15 is 0 Å². The van der Waals surface area contributed by atoms with Gasteiger partial charge in [0.25, 0.3) is 0 Å².